The van der Waals surface area contributed by atoms with Crippen molar-refractivity contribution in [3.63, 3.8) is 0 Å². The molecule has 220 valence electrons. The van der Waals surface area contributed by atoms with Gasteiger partial charge in [0.2, 0.25) is 0 Å². The number of rotatable bonds is 8. The van der Waals surface area contributed by atoms with Gasteiger partial charge < -0.3 is 10.1 Å². The summed E-state index contributed by atoms with van der Waals surface area (Å²) in [6, 6.07) is 8.77. The molecule has 0 heterocycles. The van der Waals surface area contributed by atoms with E-state index in [1.54, 1.807) is 19.1 Å². The van der Waals surface area contributed by atoms with Crippen LogP contribution in [0.15, 0.2) is 54.6 Å². The molecular weight excluding hydrogens is 600 g/mol. The summed E-state index contributed by atoms with van der Waals surface area (Å²) in [6.45, 7) is -2.09. The highest BCUT2D eigenvalue weighted by Gasteiger charge is 2.73. The summed E-state index contributed by atoms with van der Waals surface area (Å²) in [5, 5.41) is 1.06. The Morgan fingerprint density at radius 1 is 0.927 bits per heavy atom. The van der Waals surface area contributed by atoms with Gasteiger partial charge in [0.05, 0.1) is 11.3 Å². The van der Waals surface area contributed by atoms with Gasteiger partial charge in [-0.1, -0.05) is 35.4 Å². The highest BCUT2D eigenvalue weighted by Crippen LogP contribution is 2.54. The number of amides is 1. The fourth-order valence-electron chi connectivity index (χ4n) is 3.67. The molecule has 3 aromatic carbocycles. The van der Waals surface area contributed by atoms with Crippen LogP contribution in [0, 0.1) is 12.7 Å². The van der Waals surface area contributed by atoms with Crippen LogP contribution in [0.1, 0.15) is 37.4 Å². The first-order valence-electron chi connectivity index (χ1n) is 11.2. The van der Waals surface area contributed by atoms with E-state index < -0.39 is 81.7 Å². The Kier molecular flexibility index (Phi) is 8.96. The predicted molar refractivity (Wildman–Crippen MR) is 127 cm³/mol. The monoisotopic (exact) mass is 615 g/mol. The first kappa shape index (κ1) is 31.7. The van der Waals surface area contributed by atoms with Crippen molar-refractivity contribution < 1.29 is 58.2 Å². The van der Waals surface area contributed by atoms with Gasteiger partial charge in [0.25, 0.3) is 5.91 Å². The molecule has 3 rings (SSSR count). The topological polar surface area (TPSA) is 55.4 Å². The Bertz CT molecular complexity index is 1440. The van der Waals surface area contributed by atoms with Gasteiger partial charge >= 0.3 is 24.6 Å². The first-order chi connectivity index (χ1) is 18.9. The van der Waals surface area contributed by atoms with Crippen LogP contribution in [0.5, 0.6) is 5.75 Å². The number of benzene rings is 3. The molecule has 0 atom stereocenters. The van der Waals surface area contributed by atoms with Crippen molar-refractivity contribution >= 4 is 29.0 Å². The Morgan fingerprint density at radius 2 is 1.51 bits per heavy atom. The lowest BCUT2D eigenvalue weighted by Gasteiger charge is -2.31. The van der Waals surface area contributed by atoms with E-state index >= 15 is 4.39 Å². The SMILES string of the molecule is Cc1ccc(C(=O)Nc2cccc(C(=O)Cc3c(Cl)cc(C(F)(C(F)(F)F)C(F)(F)F)cc3OC(F)F)c2F)cc1. The van der Waals surface area contributed by atoms with Gasteiger partial charge in [-0.2, -0.15) is 35.1 Å². The molecule has 0 fully saturated rings. The fraction of sp³-hybridized carbons (Fsp3) is 0.231. The maximum atomic E-state index is 15.1. The van der Waals surface area contributed by atoms with Gasteiger partial charge in [-0.15, -0.1) is 0 Å². The van der Waals surface area contributed by atoms with Gasteiger partial charge in [0.15, 0.2) is 11.6 Å². The second-order valence-corrected chi connectivity index (χ2v) is 8.96. The Labute approximate surface area is 229 Å². The molecule has 0 aliphatic heterocycles. The maximum Gasteiger partial charge on any atom is 0.435 e. The first-order valence-corrected chi connectivity index (χ1v) is 11.5. The van der Waals surface area contributed by atoms with Crippen molar-refractivity contribution in [1.29, 1.82) is 0 Å². The number of nitrogens with one attached hydrogen (secondary N) is 1. The van der Waals surface area contributed by atoms with Crippen molar-refractivity contribution in [2.75, 3.05) is 5.32 Å². The van der Waals surface area contributed by atoms with Gasteiger partial charge in [0, 0.05) is 28.1 Å². The van der Waals surface area contributed by atoms with E-state index in [1.807, 2.05) is 0 Å². The molecule has 4 nitrogen and oxygen atoms in total. The highest BCUT2D eigenvalue weighted by atomic mass is 35.5. The summed E-state index contributed by atoms with van der Waals surface area (Å²) in [5.41, 5.74) is -9.42. The third kappa shape index (κ3) is 6.58. The molecule has 1 amide bonds. The smallest absolute Gasteiger partial charge is 0.434 e. The molecule has 15 heteroatoms. The van der Waals surface area contributed by atoms with Gasteiger partial charge in [-0.05, 0) is 43.3 Å². The molecule has 0 unspecified atom stereocenters. The van der Waals surface area contributed by atoms with Crippen molar-refractivity contribution in [3.8, 4) is 5.75 Å². The maximum absolute atomic E-state index is 15.1. The number of anilines is 1. The lowest BCUT2D eigenvalue weighted by atomic mass is 9.91. The Morgan fingerprint density at radius 3 is 2.05 bits per heavy atom. The zero-order valence-corrected chi connectivity index (χ0v) is 21.1. The molecule has 0 bridgehead atoms. The van der Waals surface area contributed by atoms with Gasteiger partial charge in [-0.3, -0.25) is 9.59 Å². The van der Waals surface area contributed by atoms with Crippen LogP contribution in [-0.2, 0) is 12.1 Å². The van der Waals surface area contributed by atoms with Crippen molar-refractivity contribution in [1.82, 2.24) is 0 Å². The van der Waals surface area contributed by atoms with E-state index in [2.05, 4.69) is 10.1 Å². The summed E-state index contributed by atoms with van der Waals surface area (Å²) < 4.78 is 139. The number of aryl methyl sites for hydroxylation is 1. The summed E-state index contributed by atoms with van der Waals surface area (Å²) in [5.74, 6) is -4.78. The molecule has 0 aromatic heterocycles. The number of carbonyl (C=O) groups excluding carboxylic acids is 2. The van der Waals surface area contributed by atoms with E-state index in [1.165, 1.54) is 12.1 Å². The van der Waals surface area contributed by atoms with Crippen LogP contribution in [0.2, 0.25) is 5.02 Å². The highest BCUT2D eigenvalue weighted by molar-refractivity contribution is 6.32. The fourth-order valence-corrected chi connectivity index (χ4v) is 3.95. The molecule has 0 aliphatic rings. The molecule has 0 saturated carbocycles. The zero-order valence-electron chi connectivity index (χ0n) is 20.4. The zero-order chi connectivity index (χ0) is 30.9. The van der Waals surface area contributed by atoms with Gasteiger partial charge in [0.1, 0.15) is 5.75 Å². The van der Waals surface area contributed by atoms with Crippen LogP contribution in [0.25, 0.3) is 0 Å². The summed E-state index contributed by atoms with van der Waals surface area (Å²) in [4.78, 5) is 25.3. The number of hydrogen-bond acceptors (Lipinski definition) is 3. The van der Waals surface area contributed by atoms with Crippen LogP contribution in [0.3, 0.4) is 0 Å². The van der Waals surface area contributed by atoms with Crippen LogP contribution < -0.4 is 10.1 Å². The van der Waals surface area contributed by atoms with Gasteiger partial charge in [-0.25, -0.2) is 8.78 Å². The number of alkyl halides is 9. The standard InChI is InChI=1S/C26H16ClF10NO3/c1-12-5-7-13(8-6-12)22(40)38-18-4-2-3-15(21(18)28)19(39)11-16-17(27)9-14(10-20(16)41-23(29)30)24(31,25(32,33)34)26(35,36)37/h2-10,23H,11H2,1H3,(H,38,40). The lowest BCUT2D eigenvalue weighted by Crippen LogP contribution is -2.50. The Balaban J connectivity index is 2.01. The second-order valence-electron chi connectivity index (χ2n) is 8.55. The van der Waals surface area contributed by atoms with Crippen LogP contribution in [-0.4, -0.2) is 30.7 Å². The number of ketones is 1. The van der Waals surface area contributed by atoms with E-state index in [9.17, 15) is 49.1 Å². The molecule has 0 radical (unpaired) electrons. The number of hydrogen-bond donors (Lipinski definition) is 1. The summed E-state index contributed by atoms with van der Waals surface area (Å²) >= 11 is 5.75. The number of carbonyl (C=O) groups is 2. The molecule has 0 spiro atoms. The van der Waals surface area contributed by atoms with Crippen molar-refractivity contribution in [2.45, 2.75) is 38.0 Å². The minimum Gasteiger partial charge on any atom is -0.434 e. The molecule has 1 N–H and O–H groups in total. The normalized spacial score (nSPS) is 12.4. The van der Waals surface area contributed by atoms with E-state index in [0.29, 0.717) is 0 Å². The molecular formula is C26H16ClF10NO3. The Hall–Kier alpha value is -3.81. The minimum atomic E-state index is -6.60. The molecule has 0 aliphatic carbocycles. The summed E-state index contributed by atoms with van der Waals surface area (Å²) in [6.07, 6.45) is -14.4. The molecule has 0 saturated heterocycles. The van der Waals surface area contributed by atoms with Crippen molar-refractivity contribution in [3.05, 3.63) is 93.3 Å². The molecule has 41 heavy (non-hydrogen) atoms. The largest absolute Gasteiger partial charge is 0.435 e. The quantitative estimate of drug-likeness (QED) is 0.205. The van der Waals surface area contributed by atoms with E-state index in [0.717, 1.165) is 23.8 Å². The molecule has 3 aromatic rings. The third-order valence-electron chi connectivity index (χ3n) is 5.75. The average molecular weight is 616 g/mol. The van der Waals surface area contributed by atoms with Crippen molar-refractivity contribution in [2.24, 2.45) is 0 Å². The predicted octanol–water partition coefficient (Wildman–Crippen LogP) is 8.36. The third-order valence-corrected chi connectivity index (χ3v) is 6.09. The van der Waals surface area contributed by atoms with Crippen LogP contribution in [0.4, 0.5) is 49.6 Å². The lowest BCUT2D eigenvalue weighted by molar-refractivity contribution is -0.348. The number of Topliss-reactive ketones (excluding diaryl/α,β-unsaturated/α-hetero) is 1. The minimum absolute atomic E-state index is 0.133. The average Bonchev–Trinajstić information content (AvgIpc) is 2.85. The van der Waals surface area contributed by atoms with E-state index in [4.69, 9.17) is 11.6 Å². The number of ether oxygens (including phenoxy) is 1. The van der Waals surface area contributed by atoms with Crippen LogP contribution >= 0.6 is 11.6 Å². The summed E-state index contributed by atoms with van der Waals surface area (Å²) in [7, 11) is 0. The van der Waals surface area contributed by atoms with E-state index in [-0.39, 0.29) is 17.7 Å². The number of halogens is 11. The second kappa shape index (κ2) is 11.6.